The minimum absolute atomic E-state index is 0.0467. The van der Waals surface area contributed by atoms with Crippen molar-refractivity contribution in [2.24, 2.45) is 5.92 Å². The Morgan fingerprint density at radius 1 is 1.04 bits per heavy atom. The van der Waals surface area contributed by atoms with Crippen LogP contribution in [0.25, 0.3) is 0 Å². The van der Waals surface area contributed by atoms with Crippen molar-refractivity contribution >= 4 is 23.4 Å². The van der Waals surface area contributed by atoms with Gasteiger partial charge >= 0.3 is 6.09 Å². The first kappa shape index (κ1) is 19.5. The predicted octanol–water partition coefficient (Wildman–Crippen LogP) is 3.87. The van der Waals surface area contributed by atoms with Gasteiger partial charge in [0.1, 0.15) is 5.60 Å². The summed E-state index contributed by atoms with van der Waals surface area (Å²) in [6.07, 6.45) is 3.44. The third-order valence-electron chi connectivity index (χ3n) is 5.13. The highest BCUT2D eigenvalue weighted by Crippen LogP contribution is 2.30. The maximum absolute atomic E-state index is 12.8. The van der Waals surface area contributed by atoms with E-state index in [2.05, 4.69) is 16.3 Å². The number of para-hydroxylation sites is 2. The average molecular weight is 373 g/mol. The summed E-state index contributed by atoms with van der Waals surface area (Å²) in [5, 5.41) is 3.12. The van der Waals surface area contributed by atoms with Gasteiger partial charge in [0.05, 0.1) is 11.4 Å². The minimum Gasteiger partial charge on any atom is -0.444 e. The zero-order valence-electron chi connectivity index (χ0n) is 16.7. The molecule has 0 bridgehead atoms. The second kappa shape index (κ2) is 8.19. The first-order valence-corrected chi connectivity index (χ1v) is 9.96. The van der Waals surface area contributed by atoms with E-state index in [4.69, 9.17) is 4.74 Å². The van der Waals surface area contributed by atoms with Crippen LogP contribution in [0.3, 0.4) is 0 Å². The van der Waals surface area contributed by atoms with Gasteiger partial charge in [0.15, 0.2) is 0 Å². The number of carbonyl (C=O) groups is 2. The van der Waals surface area contributed by atoms with Crippen LogP contribution in [0, 0.1) is 5.92 Å². The van der Waals surface area contributed by atoms with Crippen LogP contribution in [0.5, 0.6) is 0 Å². The van der Waals surface area contributed by atoms with Crippen molar-refractivity contribution in [3.05, 3.63) is 24.3 Å². The second-order valence-corrected chi connectivity index (χ2v) is 8.44. The van der Waals surface area contributed by atoms with Crippen molar-refractivity contribution in [3.8, 4) is 0 Å². The van der Waals surface area contributed by atoms with E-state index < -0.39 is 5.60 Å². The molecule has 1 aromatic rings. The Balaban J connectivity index is 1.55. The lowest BCUT2D eigenvalue weighted by Crippen LogP contribution is -2.43. The molecule has 2 aliphatic rings. The predicted molar refractivity (Wildman–Crippen MR) is 107 cm³/mol. The monoisotopic (exact) mass is 373 g/mol. The minimum atomic E-state index is -0.495. The molecule has 148 valence electrons. The van der Waals surface area contributed by atoms with E-state index in [0.29, 0.717) is 25.9 Å². The highest BCUT2D eigenvalue weighted by atomic mass is 16.6. The Morgan fingerprint density at radius 2 is 1.67 bits per heavy atom. The summed E-state index contributed by atoms with van der Waals surface area (Å²) in [5.41, 5.74) is 1.50. The van der Waals surface area contributed by atoms with Crippen molar-refractivity contribution in [1.29, 1.82) is 0 Å². The standard InChI is InChI=1S/C21H31N3O3/c1-21(2,3)27-20(26)24-14-10-16(11-15-24)19(25)22-17-8-4-5-9-18(17)23-12-6-7-13-23/h4-5,8-9,16H,6-7,10-15H2,1-3H3,(H,22,25). The largest absolute Gasteiger partial charge is 0.444 e. The van der Waals surface area contributed by atoms with Crippen LogP contribution in [0.2, 0.25) is 0 Å². The molecule has 6 nitrogen and oxygen atoms in total. The van der Waals surface area contributed by atoms with Crippen molar-refractivity contribution in [1.82, 2.24) is 4.90 Å². The van der Waals surface area contributed by atoms with Crippen molar-refractivity contribution in [3.63, 3.8) is 0 Å². The molecular formula is C21H31N3O3. The second-order valence-electron chi connectivity index (χ2n) is 8.44. The first-order valence-electron chi connectivity index (χ1n) is 9.96. The number of nitrogens with one attached hydrogen (secondary N) is 1. The lowest BCUT2D eigenvalue weighted by molar-refractivity contribution is -0.121. The van der Waals surface area contributed by atoms with Gasteiger partial charge in [-0.1, -0.05) is 12.1 Å². The first-order chi connectivity index (χ1) is 12.8. The molecule has 2 saturated heterocycles. The number of likely N-dealkylation sites (tertiary alicyclic amines) is 1. The maximum Gasteiger partial charge on any atom is 0.410 e. The third-order valence-corrected chi connectivity index (χ3v) is 5.13. The normalized spacial score (nSPS) is 18.5. The molecule has 27 heavy (non-hydrogen) atoms. The number of piperidine rings is 1. The Morgan fingerprint density at radius 3 is 2.30 bits per heavy atom. The molecule has 2 amide bonds. The molecule has 1 aromatic carbocycles. The maximum atomic E-state index is 12.8. The molecule has 0 atom stereocenters. The van der Waals surface area contributed by atoms with E-state index in [1.165, 1.54) is 12.8 Å². The van der Waals surface area contributed by atoms with E-state index in [9.17, 15) is 9.59 Å². The molecule has 2 heterocycles. The van der Waals surface area contributed by atoms with Crippen molar-refractivity contribution in [2.45, 2.75) is 52.1 Å². The van der Waals surface area contributed by atoms with Gasteiger partial charge in [-0.25, -0.2) is 4.79 Å². The average Bonchev–Trinajstić information content (AvgIpc) is 3.15. The molecule has 0 saturated carbocycles. The van der Waals surface area contributed by atoms with Gasteiger partial charge in [-0.2, -0.15) is 0 Å². The zero-order valence-corrected chi connectivity index (χ0v) is 16.7. The zero-order chi connectivity index (χ0) is 19.4. The topological polar surface area (TPSA) is 61.9 Å². The highest BCUT2D eigenvalue weighted by Gasteiger charge is 2.30. The fourth-order valence-electron chi connectivity index (χ4n) is 3.70. The molecule has 0 aromatic heterocycles. The summed E-state index contributed by atoms with van der Waals surface area (Å²) in [6.45, 7) is 8.79. The summed E-state index contributed by atoms with van der Waals surface area (Å²) < 4.78 is 5.42. The molecule has 2 fully saturated rings. The molecule has 0 aliphatic carbocycles. The van der Waals surface area contributed by atoms with Crippen LogP contribution in [0.15, 0.2) is 24.3 Å². The Bertz CT molecular complexity index is 669. The van der Waals surface area contributed by atoms with Gasteiger partial charge in [-0.3, -0.25) is 4.79 Å². The molecule has 2 aliphatic heterocycles. The lowest BCUT2D eigenvalue weighted by Gasteiger charge is -2.33. The van der Waals surface area contributed by atoms with E-state index in [0.717, 1.165) is 24.5 Å². The quantitative estimate of drug-likeness (QED) is 0.874. The number of hydrogen-bond acceptors (Lipinski definition) is 4. The molecule has 0 radical (unpaired) electrons. The van der Waals surface area contributed by atoms with Crippen LogP contribution in [0.4, 0.5) is 16.2 Å². The van der Waals surface area contributed by atoms with Gasteiger partial charge in [-0.05, 0) is 58.6 Å². The lowest BCUT2D eigenvalue weighted by atomic mass is 9.96. The number of amides is 2. The fourth-order valence-corrected chi connectivity index (χ4v) is 3.70. The summed E-state index contributed by atoms with van der Waals surface area (Å²) >= 11 is 0. The third kappa shape index (κ3) is 5.15. The van der Waals surface area contributed by atoms with Crippen LogP contribution < -0.4 is 10.2 Å². The number of benzene rings is 1. The molecule has 1 N–H and O–H groups in total. The van der Waals surface area contributed by atoms with Gasteiger partial charge in [-0.15, -0.1) is 0 Å². The number of nitrogens with zero attached hydrogens (tertiary/aromatic N) is 2. The summed E-state index contributed by atoms with van der Waals surface area (Å²) in [5.74, 6) is -0.0270. The van der Waals surface area contributed by atoms with Gasteiger partial charge in [0, 0.05) is 32.1 Å². The van der Waals surface area contributed by atoms with E-state index >= 15 is 0 Å². The molecule has 6 heteroatoms. The number of anilines is 2. The smallest absolute Gasteiger partial charge is 0.410 e. The highest BCUT2D eigenvalue weighted by molar-refractivity contribution is 5.96. The van der Waals surface area contributed by atoms with Crippen LogP contribution in [-0.4, -0.2) is 48.7 Å². The summed E-state index contributed by atoms with van der Waals surface area (Å²) in [4.78, 5) is 29.0. The van der Waals surface area contributed by atoms with Crippen LogP contribution in [-0.2, 0) is 9.53 Å². The molecular weight excluding hydrogens is 342 g/mol. The summed E-state index contributed by atoms with van der Waals surface area (Å²) in [6, 6.07) is 8.02. The van der Waals surface area contributed by atoms with E-state index in [-0.39, 0.29) is 17.9 Å². The molecule has 0 unspecified atom stereocenters. The van der Waals surface area contributed by atoms with E-state index in [1.807, 2.05) is 39.0 Å². The van der Waals surface area contributed by atoms with Gasteiger partial charge in [0.2, 0.25) is 5.91 Å². The van der Waals surface area contributed by atoms with Crippen molar-refractivity contribution < 1.29 is 14.3 Å². The fraction of sp³-hybridized carbons (Fsp3) is 0.619. The Labute approximate surface area is 161 Å². The molecule has 3 rings (SSSR count). The number of hydrogen-bond donors (Lipinski definition) is 1. The molecule has 0 spiro atoms. The van der Waals surface area contributed by atoms with Gasteiger partial charge < -0.3 is 19.9 Å². The number of ether oxygens (including phenoxy) is 1. The van der Waals surface area contributed by atoms with Gasteiger partial charge in [0.25, 0.3) is 0 Å². The number of carbonyl (C=O) groups excluding carboxylic acids is 2. The van der Waals surface area contributed by atoms with E-state index in [1.54, 1.807) is 4.90 Å². The van der Waals surface area contributed by atoms with Crippen molar-refractivity contribution in [2.75, 3.05) is 36.4 Å². The van der Waals surface area contributed by atoms with Crippen LogP contribution >= 0.6 is 0 Å². The summed E-state index contributed by atoms with van der Waals surface area (Å²) in [7, 11) is 0. The number of rotatable bonds is 3. The Hall–Kier alpha value is -2.24. The van der Waals surface area contributed by atoms with Crippen LogP contribution in [0.1, 0.15) is 46.5 Å². The Kier molecular flexibility index (Phi) is 5.92. The SMILES string of the molecule is CC(C)(C)OC(=O)N1CCC(C(=O)Nc2ccccc2N2CCCC2)CC1.